The number of carbonyl (C=O) groups excluding carboxylic acids is 1. The summed E-state index contributed by atoms with van der Waals surface area (Å²) in [6.07, 6.45) is 6.62. The molecule has 1 saturated heterocycles. The number of halogens is 2. The molecule has 0 aliphatic carbocycles. The molecule has 7 rings (SSSR count). The van der Waals surface area contributed by atoms with Gasteiger partial charge in [-0.25, -0.2) is 32.2 Å². The number of amides is 1. The van der Waals surface area contributed by atoms with Crippen molar-refractivity contribution in [1.82, 2.24) is 24.3 Å². The van der Waals surface area contributed by atoms with Crippen LogP contribution in [0.15, 0.2) is 97.3 Å². The van der Waals surface area contributed by atoms with E-state index in [1.165, 1.54) is 12.3 Å². The first-order valence-corrected chi connectivity index (χ1v) is 19.1. The van der Waals surface area contributed by atoms with Gasteiger partial charge in [0.15, 0.2) is 0 Å². The second-order valence-electron chi connectivity index (χ2n) is 13.0. The number of methoxy groups -OCH3 is 1. The molecule has 14 heteroatoms. The monoisotopic (exact) mass is 737 g/mol. The van der Waals surface area contributed by atoms with Gasteiger partial charge in [-0.2, -0.15) is 0 Å². The lowest BCUT2D eigenvalue weighted by Crippen LogP contribution is -2.36. The maximum atomic E-state index is 14.3. The Morgan fingerprint density at radius 2 is 1.72 bits per heavy atom. The summed E-state index contributed by atoms with van der Waals surface area (Å²) in [4.78, 5) is 29.6. The molecule has 1 aliphatic rings. The number of fused-ring (bicyclic) bond motifs is 1. The molecule has 0 unspecified atom stereocenters. The number of pyridine rings is 1. The van der Waals surface area contributed by atoms with Crippen molar-refractivity contribution in [1.29, 1.82) is 0 Å². The lowest BCUT2D eigenvalue weighted by Gasteiger charge is -2.32. The first-order valence-electron chi connectivity index (χ1n) is 17.1. The summed E-state index contributed by atoms with van der Waals surface area (Å²) in [5.74, 6) is -0.974. The lowest BCUT2D eigenvalue weighted by molar-refractivity contribution is 0.102. The largest absolute Gasteiger partial charge is 0.495 e. The smallest absolute Gasteiger partial charge is 0.255 e. The maximum Gasteiger partial charge on any atom is 0.255 e. The third-order valence-electron chi connectivity index (χ3n) is 9.34. The first-order chi connectivity index (χ1) is 25.6. The molecule has 3 aromatic heterocycles. The molecule has 0 radical (unpaired) electrons. The molecule has 53 heavy (non-hydrogen) atoms. The van der Waals surface area contributed by atoms with Crippen LogP contribution in [-0.2, 0) is 9.84 Å². The second kappa shape index (κ2) is 15.1. The van der Waals surface area contributed by atoms with Gasteiger partial charge in [0.1, 0.15) is 38.6 Å². The van der Waals surface area contributed by atoms with E-state index in [9.17, 15) is 22.0 Å². The fourth-order valence-electron chi connectivity index (χ4n) is 6.57. The van der Waals surface area contributed by atoms with Crippen LogP contribution in [0.1, 0.15) is 34.7 Å². The molecule has 272 valence electrons. The number of para-hydroxylation sites is 1. The van der Waals surface area contributed by atoms with E-state index in [2.05, 4.69) is 26.6 Å². The maximum absolute atomic E-state index is 14.3. The fourth-order valence-corrected chi connectivity index (χ4v) is 7.16. The molecular weight excluding hydrogens is 701 g/mol. The Kier molecular flexibility index (Phi) is 10.2. The Hall–Kier alpha value is -5.73. The minimum atomic E-state index is -3.00. The van der Waals surface area contributed by atoms with Gasteiger partial charge in [0, 0.05) is 36.3 Å². The number of ether oxygens (including phenoxy) is 1. The zero-order chi connectivity index (χ0) is 37.1. The highest BCUT2D eigenvalue weighted by atomic mass is 32.2. The van der Waals surface area contributed by atoms with Crippen molar-refractivity contribution in [3.8, 4) is 28.4 Å². The minimum Gasteiger partial charge on any atom is -0.495 e. The van der Waals surface area contributed by atoms with E-state index in [4.69, 9.17) is 14.7 Å². The van der Waals surface area contributed by atoms with Crippen LogP contribution in [0.4, 0.5) is 26.1 Å². The van der Waals surface area contributed by atoms with Crippen LogP contribution in [-0.4, -0.2) is 77.3 Å². The van der Waals surface area contributed by atoms with Gasteiger partial charge in [0.2, 0.25) is 5.95 Å². The molecule has 3 aromatic carbocycles. The van der Waals surface area contributed by atoms with Crippen LogP contribution >= 0.6 is 0 Å². The van der Waals surface area contributed by atoms with E-state index < -0.39 is 33.1 Å². The van der Waals surface area contributed by atoms with Crippen molar-refractivity contribution in [3.63, 3.8) is 0 Å². The second-order valence-corrected chi connectivity index (χ2v) is 15.2. The molecule has 0 atom stereocenters. The van der Waals surface area contributed by atoms with Crippen molar-refractivity contribution < 1.29 is 26.7 Å². The topological polar surface area (TPSA) is 131 Å². The summed E-state index contributed by atoms with van der Waals surface area (Å²) in [5.41, 5.74) is 4.48. The van der Waals surface area contributed by atoms with Gasteiger partial charge in [-0.3, -0.25) is 9.20 Å². The van der Waals surface area contributed by atoms with E-state index >= 15 is 0 Å². The Balaban J connectivity index is 1.14. The Labute approximate surface area is 305 Å². The summed E-state index contributed by atoms with van der Waals surface area (Å²) >= 11 is 0. The van der Waals surface area contributed by atoms with Crippen molar-refractivity contribution in [2.45, 2.75) is 18.8 Å². The number of nitrogens with zero attached hydrogens (tertiary/aromatic N) is 5. The van der Waals surface area contributed by atoms with Gasteiger partial charge in [-0.15, -0.1) is 0 Å². The van der Waals surface area contributed by atoms with Crippen LogP contribution < -0.4 is 15.4 Å². The van der Waals surface area contributed by atoms with Crippen molar-refractivity contribution in [3.05, 3.63) is 120 Å². The number of anilines is 3. The predicted octanol–water partition coefficient (Wildman–Crippen LogP) is 6.97. The van der Waals surface area contributed by atoms with Gasteiger partial charge in [-0.1, -0.05) is 30.3 Å². The number of piperidine rings is 1. The number of hydrogen-bond acceptors (Lipinski definition) is 9. The summed E-state index contributed by atoms with van der Waals surface area (Å²) in [6, 6.07) is 23.5. The minimum absolute atomic E-state index is 0.168. The molecular formula is C39H37F2N7O4S. The normalized spacial score (nSPS) is 14.0. The van der Waals surface area contributed by atoms with E-state index in [0.717, 1.165) is 43.6 Å². The predicted molar refractivity (Wildman–Crippen MR) is 200 cm³/mol. The Morgan fingerprint density at radius 1 is 0.943 bits per heavy atom. The third kappa shape index (κ3) is 8.03. The quantitative estimate of drug-likeness (QED) is 0.145. The highest BCUT2D eigenvalue weighted by Gasteiger charge is 2.23. The number of rotatable bonds is 11. The fraction of sp³-hybridized carbons (Fsp3) is 0.231. The number of carbonyl (C=O) groups is 1. The summed E-state index contributed by atoms with van der Waals surface area (Å²) in [6.45, 7) is 2.22. The Bertz CT molecular complexity index is 2390. The number of benzene rings is 3. The van der Waals surface area contributed by atoms with Gasteiger partial charge in [0.05, 0.1) is 35.6 Å². The van der Waals surface area contributed by atoms with Gasteiger partial charge in [0.25, 0.3) is 5.91 Å². The molecule has 0 bridgehead atoms. The van der Waals surface area contributed by atoms with Crippen LogP contribution in [0.3, 0.4) is 0 Å². The Morgan fingerprint density at radius 3 is 2.47 bits per heavy atom. The zero-order valence-corrected chi connectivity index (χ0v) is 29.9. The van der Waals surface area contributed by atoms with E-state index in [1.54, 1.807) is 43.6 Å². The van der Waals surface area contributed by atoms with E-state index in [0.29, 0.717) is 58.1 Å². The van der Waals surface area contributed by atoms with Crippen LogP contribution in [0, 0.1) is 11.6 Å². The van der Waals surface area contributed by atoms with Gasteiger partial charge in [-0.05, 0) is 92.0 Å². The molecule has 0 saturated carbocycles. The van der Waals surface area contributed by atoms with Crippen molar-refractivity contribution in [2.24, 2.45) is 0 Å². The molecule has 2 N–H and O–H groups in total. The molecule has 11 nitrogen and oxygen atoms in total. The molecule has 1 fully saturated rings. The zero-order valence-electron chi connectivity index (χ0n) is 29.1. The molecule has 1 amide bonds. The molecule has 1 aliphatic heterocycles. The SMILES string of the molecule is COc1cc(C2CCN(CCS(C)(=O)=O)CC2)ccc1Nc1nccc(-c2c(-c3cccc(C(=O)Nc4c(F)cccc4F)c3)nc3ccccn23)n1. The summed E-state index contributed by atoms with van der Waals surface area (Å²) in [7, 11) is -1.39. The van der Waals surface area contributed by atoms with Crippen LogP contribution in [0.25, 0.3) is 28.3 Å². The number of sulfone groups is 1. The number of aromatic nitrogens is 4. The van der Waals surface area contributed by atoms with Crippen LogP contribution in [0.5, 0.6) is 5.75 Å². The molecule has 6 aromatic rings. The summed E-state index contributed by atoms with van der Waals surface area (Å²) in [5, 5.41) is 5.65. The first kappa shape index (κ1) is 35.7. The molecule has 0 spiro atoms. The number of hydrogen-bond donors (Lipinski definition) is 2. The van der Waals surface area contributed by atoms with Gasteiger partial charge < -0.3 is 20.3 Å². The van der Waals surface area contributed by atoms with Crippen molar-refractivity contribution in [2.75, 3.05) is 49.4 Å². The van der Waals surface area contributed by atoms with Crippen molar-refractivity contribution >= 4 is 38.7 Å². The van der Waals surface area contributed by atoms with Crippen LogP contribution in [0.2, 0.25) is 0 Å². The average molecular weight is 738 g/mol. The van der Waals surface area contributed by atoms with Gasteiger partial charge >= 0.3 is 0 Å². The van der Waals surface area contributed by atoms with E-state index in [-0.39, 0.29) is 11.3 Å². The molecule has 4 heterocycles. The average Bonchev–Trinajstić information content (AvgIpc) is 3.56. The number of likely N-dealkylation sites (tertiary alicyclic amines) is 1. The highest BCUT2D eigenvalue weighted by molar-refractivity contribution is 7.90. The number of imidazole rings is 1. The standard InChI is InChI=1S/C39H37F2N7O4S/c1-52-33-24-26(25-15-19-47(20-16-25)21-22-53(2,50)51)12-13-31(33)43-39-42-17-14-32(44-39)37-35(45-34-11-3-4-18-48(34)37)27-7-5-8-28(23-27)38(49)46-36-29(40)9-6-10-30(36)41/h3-14,17-18,23-25H,15-16,19-22H2,1-2H3,(H,46,49)(H,42,43,44). The van der Waals surface area contributed by atoms with E-state index in [1.807, 2.05) is 40.9 Å². The highest BCUT2D eigenvalue weighted by Crippen LogP contribution is 2.36. The number of nitrogens with one attached hydrogen (secondary N) is 2. The summed E-state index contributed by atoms with van der Waals surface area (Å²) < 4.78 is 59.5. The lowest BCUT2D eigenvalue weighted by atomic mass is 9.89. The third-order valence-corrected chi connectivity index (χ3v) is 10.3.